The lowest BCUT2D eigenvalue weighted by atomic mass is 9.94. The van der Waals surface area contributed by atoms with E-state index in [1.165, 1.54) is 4.68 Å². The number of carbonyl (C=O) groups excluding carboxylic acids is 1. The van der Waals surface area contributed by atoms with E-state index in [0.29, 0.717) is 11.1 Å². The molecule has 5 heteroatoms. The first kappa shape index (κ1) is 25.8. The highest BCUT2D eigenvalue weighted by atomic mass is 16.5. The molecule has 0 unspecified atom stereocenters. The Labute approximate surface area is 186 Å². The van der Waals surface area contributed by atoms with Gasteiger partial charge in [-0.25, -0.2) is 4.79 Å². The number of allylic oxidation sites excluding steroid dienone is 5. The van der Waals surface area contributed by atoms with Gasteiger partial charge in [0.05, 0.1) is 13.7 Å². The Kier molecular flexibility index (Phi) is 11.0. The van der Waals surface area contributed by atoms with E-state index in [1.807, 2.05) is 57.2 Å². The third kappa shape index (κ3) is 6.38. The zero-order valence-corrected chi connectivity index (χ0v) is 19.7. The molecule has 2 aromatic rings. The molecule has 168 valence electrons. The van der Waals surface area contributed by atoms with E-state index in [-0.39, 0.29) is 12.3 Å². The molecule has 1 aromatic heterocycles. The molecule has 0 aliphatic heterocycles. The van der Waals surface area contributed by atoms with Crippen LogP contribution in [0, 0.1) is 6.92 Å². The van der Waals surface area contributed by atoms with Gasteiger partial charge in [-0.15, -0.1) is 0 Å². The van der Waals surface area contributed by atoms with E-state index in [9.17, 15) is 4.79 Å². The van der Waals surface area contributed by atoms with Crippen molar-refractivity contribution >= 4 is 11.5 Å². The van der Waals surface area contributed by atoms with E-state index in [4.69, 9.17) is 15.3 Å². The molecular weight excluding hydrogens is 388 g/mol. The highest BCUT2D eigenvalue weighted by molar-refractivity contribution is 6.00. The molecule has 0 bridgehead atoms. The number of ether oxygens (including phenoxy) is 2. The average molecular weight is 425 g/mol. The second-order valence-corrected chi connectivity index (χ2v) is 6.63. The van der Waals surface area contributed by atoms with E-state index in [2.05, 4.69) is 19.6 Å². The molecule has 0 fully saturated rings. The highest BCUT2D eigenvalue weighted by Gasteiger charge is 2.25. The molecule has 0 aliphatic carbocycles. The fourth-order valence-electron chi connectivity index (χ4n) is 3.18. The minimum atomic E-state index is -0.479. The van der Waals surface area contributed by atoms with Crippen molar-refractivity contribution in [1.82, 2.24) is 4.68 Å². The summed E-state index contributed by atoms with van der Waals surface area (Å²) in [5, 5.41) is 0. The number of carbonyl (C=O) groups is 1. The molecule has 0 radical (unpaired) electrons. The molecule has 31 heavy (non-hydrogen) atoms. The van der Waals surface area contributed by atoms with E-state index in [1.54, 1.807) is 20.2 Å². The molecule has 2 N–H and O–H groups in total. The smallest absolute Gasteiger partial charge is 0.357 e. The van der Waals surface area contributed by atoms with Crippen LogP contribution in [0.15, 0.2) is 55.3 Å². The number of nitrogens with two attached hydrogens (primary N) is 1. The fourth-order valence-corrected chi connectivity index (χ4v) is 3.18. The minimum Gasteiger partial charge on any atom is -0.496 e. The van der Waals surface area contributed by atoms with Gasteiger partial charge in [0.2, 0.25) is 0 Å². The molecule has 0 amide bonds. The van der Waals surface area contributed by atoms with Crippen LogP contribution in [0.25, 0.3) is 16.7 Å². The standard InChI is InChI=1S/C24H30N2O3.C2H6/c1-6-8-9-10-11-13-17(3)22-20(16-26(25)23(22)24(27)29-7-2)19-14-12-15-21(28-5)18(19)4;1-2/h9-16H,3,6-8,25H2,1-2,4-5H3;1-2H3/b10-9-,13-11-;. The second-order valence-electron chi connectivity index (χ2n) is 6.63. The third-order valence-corrected chi connectivity index (χ3v) is 4.62. The van der Waals surface area contributed by atoms with Crippen LogP contribution in [-0.4, -0.2) is 24.4 Å². The Hall–Kier alpha value is -3.21. The molecule has 1 aromatic carbocycles. The lowest BCUT2D eigenvalue weighted by Gasteiger charge is -2.12. The zero-order chi connectivity index (χ0) is 23.4. The van der Waals surface area contributed by atoms with Crippen molar-refractivity contribution in [1.29, 1.82) is 0 Å². The van der Waals surface area contributed by atoms with Crippen LogP contribution in [0.4, 0.5) is 0 Å². The molecule has 2 rings (SSSR count). The molecule has 5 nitrogen and oxygen atoms in total. The normalized spacial score (nSPS) is 10.8. The van der Waals surface area contributed by atoms with Crippen LogP contribution in [0.1, 0.15) is 62.2 Å². The highest BCUT2D eigenvalue weighted by Crippen LogP contribution is 2.37. The third-order valence-electron chi connectivity index (χ3n) is 4.62. The van der Waals surface area contributed by atoms with Gasteiger partial charge in [-0.3, -0.25) is 4.68 Å². The van der Waals surface area contributed by atoms with Crippen molar-refractivity contribution < 1.29 is 14.3 Å². The van der Waals surface area contributed by atoms with Gasteiger partial charge in [0.1, 0.15) is 5.75 Å². The molecule has 0 spiro atoms. The summed E-state index contributed by atoms with van der Waals surface area (Å²) in [5.41, 5.74) is 4.29. The molecule has 0 saturated carbocycles. The Balaban J connectivity index is 0.00000233. The van der Waals surface area contributed by atoms with Crippen molar-refractivity contribution in [2.24, 2.45) is 0 Å². The maximum atomic E-state index is 12.6. The average Bonchev–Trinajstić information content (AvgIpc) is 3.12. The quantitative estimate of drug-likeness (QED) is 0.291. The summed E-state index contributed by atoms with van der Waals surface area (Å²) in [4.78, 5) is 12.6. The summed E-state index contributed by atoms with van der Waals surface area (Å²) in [6, 6.07) is 5.79. The first-order valence-corrected chi connectivity index (χ1v) is 10.8. The summed E-state index contributed by atoms with van der Waals surface area (Å²) in [5.74, 6) is 6.45. The van der Waals surface area contributed by atoms with Crippen molar-refractivity contribution in [2.45, 2.75) is 47.5 Å². The van der Waals surface area contributed by atoms with Crippen LogP contribution in [0.2, 0.25) is 0 Å². The Morgan fingerprint density at radius 3 is 2.52 bits per heavy atom. The Bertz CT molecular complexity index is 936. The van der Waals surface area contributed by atoms with Gasteiger partial charge in [0.15, 0.2) is 5.69 Å². The predicted octanol–water partition coefficient (Wildman–Crippen LogP) is 6.31. The van der Waals surface area contributed by atoms with Gasteiger partial charge in [-0.2, -0.15) is 0 Å². The van der Waals surface area contributed by atoms with Gasteiger partial charge < -0.3 is 15.3 Å². The molecular formula is C26H36N2O3. The Morgan fingerprint density at radius 2 is 1.90 bits per heavy atom. The monoisotopic (exact) mass is 424 g/mol. The number of hydrogen-bond donors (Lipinski definition) is 1. The van der Waals surface area contributed by atoms with Crippen molar-refractivity contribution in [2.75, 3.05) is 19.6 Å². The molecule has 1 heterocycles. The minimum absolute atomic E-state index is 0.263. The number of benzene rings is 1. The first-order valence-electron chi connectivity index (χ1n) is 10.8. The predicted molar refractivity (Wildman–Crippen MR) is 131 cm³/mol. The topological polar surface area (TPSA) is 66.5 Å². The number of methoxy groups -OCH3 is 1. The summed E-state index contributed by atoms with van der Waals surface area (Å²) < 4.78 is 12.0. The van der Waals surface area contributed by atoms with E-state index in [0.717, 1.165) is 35.3 Å². The maximum absolute atomic E-state index is 12.6. The first-order chi connectivity index (χ1) is 15.0. The van der Waals surface area contributed by atoms with E-state index < -0.39 is 5.97 Å². The van der Waals surface area contributed by atoms with Crippen molar-refractivity contribution in [3.63, 3.8) is 0 Å². The number of unbranched alkanes of at least 4 members (excludes halogenated alkanes) is 1. The Morgan fingerprint density at radius 1 is 1.19 bits per heavy atom. The summed E-state index contributed by atoms with van der Waals surface area (Å²) in [6.45, 7) is 14.3. The van der Waals surface area contributed by atoms with Gasteiger partial charge in [0, 0.05) is 17.3 Å². The van der Waals surface area contributed by atoms with Gasteiger partial charge >= 0.3 is 5.97 Å². The SMILES string of the molecule is C=C(/C=C\C=C/CCC)c1c(-c2cccc(OC)c2C)cn(N)c1C(=O)OCC.CC. The number of esters is 1. The van der Waals surface area contributed by atoms with Gasteiger partial charge in [0.25, 0.3) is 0 Å². The van der Waals surface area contributed by atoms with E-state index >= 15 is 0 Å². The summed E-state index contributed by atoms with van der Waals surface area (Å²) in [7, 11) is 1.63. The number of nitrogen functional groups attached to an aromatic ring is 1. The summed E-state index contributed by atoms with van der Waals surface area (Å²) >= 11 is 0. The van der Waals surface area contributed by atoms with Crippen molar-refractivity contribution in [3.8, 4) is 16.9 Å². The lowest BCUT2D eigenvalue weighted by Crippen LogP contribution is -2.18. The van der Waals surface area contributed by atoms with Crippen LogP contribution in [-0.2, 0) is 4.74 Å². The number of nitrogens with zero attached hydrogens (tertiary/aromatic N) is 1. The largest absolute Gasteiger partial charge is 0.496 e. The lowest BCUT2D eigenvalue weighted by molar-refractivity contribution is 0.0516. The number of hydrogen-bond acceptors (Lipinski definition) is 4. The molecule has 0 saturated heterocycles. The van der Waals surface area contributed by atoms with Gasteiger partial charge in [-0.1, -0.05) is 70.2 Å². The van der Waals surface area contributed by atoms with Crippen LogP contribution >= 0.6 is 0 Å². The zero-order valence-electron chi connectivity index (χ0n) is 19.7. The second kappa shape index (κ2) is 13.2. The van der Waals surface area contributed by atoms with Crippen LogP contribution < -0.4 is 10.6 Å². The van der Waals surface area contributed by atoms with Crippen LogP contribution in [0.3, 0.4) is 0 Å². The summed E-state index contributed by atoms with van der Waals surface area (Å²) in [6.07, 6.45) is 11.7. The van der Waals surface area contributed by atoms with Crippen LogP contribution in [0.5, 0.6) is 5.75 Å². The molecule has 0 atom stereocenters. The number of aromatic nitrogens is 1. The van der Waals surface area contributed by atoms with Gasteiger partial charge in [-0.05, 0) is 43.0 Å². The number of rotatable bonds is 9. The fraction of sp³-hybridized carbons (Fsp3) is 0.346. The molecule has 0 aliphatic rings. The van der Waals surface area contributed by atoms with Crippen molar-refractivity contribution in [3.05, 3.63) is 72.1 Å². The maximum Gasteiger partial charge on any atom is 0.357 e.